The molecule has 1 aliphatic heterocycles. The van der Waals surface area contributed by atoms with Gasteiger partial charge in [0.1, 0.15) is 0 Å². The molecule has 3 rings (SSSR count). The molecule has 2 aliphatic rings. The molecule has 0 bridgehead atoms. The van der Waals surface area contributed by atoms with Gasteiger partial charge < -0.3 is 15.5 Å². The quantitative estimate of drug-likeness (QED) is 0.340. The van der Waals surface area contributed by atoms with Crippen LogP contribution in [0.5, 0.6) is 0 Å². The third-order valence-corrected chi connectivity index (χ3v) is 6.28. The summed E-state index contributed by atoms with van der Waals surface area (Å²) in [6, 6.07) is 6.54. The fourth-order valence-corrected chi connectivity index (χ4v) is 4.40. The van der Waals surface area contributed by atoms with Crippen LogP contribution in [0.2, 0.25) is 0 Å². The summed E-state index contributed by atoms with van der Waals surface area (Å²) < 4.78 is 0. The number of benzene rings is 1. The van der Waals surface area contributed by atoms with E-state index in [1.54, 1.807) is 0 Å². The van der Waals surface area contributed by atoms with Gasteiger partial charge in [-0.15, -0.1) is 24.0 Å². The van der Waals surface area contributed by atoms with E-state index in [4.69, 9.17) is 0 Å². The van der Waals surface area contributed by atoms with Crippen LogP contribution in [0.25, 0.3) is 0 Å². The number of nitrogens with zero attached hydrogens (tertiary/aromatic N) is 3. The van der Waals surface area contributed by atoms with Crippen LogP contribution in [0.15, 0.2) is 23.2 Å². The fourth-order valence-electron chi connectivity index (χ4n) is 4.40. The number of hydrogen-bond acceptors (Lipinski definition) is 3. The molecule has 0 aromatic heterocycles. The number of halogens is 1. The molecule has 6 nitrogen and oxygen atoms in total. The second kappa shape index (κ2) is 12.5. The number of aryl methyl sites for hydroxylation is 2. The summed E-state index contributed by atoms with van der Waals surface area (Å²) in [7, 11) is 1.81. The Bertz CT molecular complexity index is 710. The van der Waals surface area contributed by atoms with Crippen molar-refractivity contribution < 1.29 is 4.79 Å². The molecule has 1 saturated heterocycles. The molecular formula is C23H38IN5O. The standard InChI is InChI=1S/C23H37N5O.HI/c1-18-8-9-21(19(2)16-18)17-26-23(24-3)25-10-11-27-12-14-28(15-13-27)22(29)20-6-4-5-7-20;/h8-9,16,20H,4-7,10-15,17H2,1-3H3,(H2,24,25,26);1H. The van der Waals surface area contributed by atoms with Gasteiger partial charge in [0.2, 0.25) is 5.91 Å². The first-order chi connectivity index (χ1) is 14.1. The van der Waals surface area contributed by atoms with E-state index in [1.165, 1.54) is 29.5 Å². The predicted octanol–water partition coefficient (Wildman–Crippen LogP) is 2.92. The van der Waals surface area contributed by atoms with Crippen molar-refractivity contribution in [2.24, 2.45) is 10.9 Å². The van der Waals surface area contributed by atoms with Crippen LogP contribution in [0.4, 0.5) is 0 Å². The van der Waals surface area contributed by atoms with Gasteiger partial charge in [-0.25, -0.2) is 0 Å². The molecule has 0 atom stereocenters. The maximum Gasteiger partial charge on any atom is 0.225 e. The van der Waals surface area contributed by atoms with E-state index < -0.39 is 0 Å². The van der Waals surface area contributed by atoms with E-state index in [-0.39, 0.29) is 24.0 Å². The second-order valence-corrected chi connectivity index (χ2v) is 8.43. The van der Waals surface area contributed by atoms with E-state index >= 15 is 0 Å². The Morgan fingerprint density at radius 3 is 2.43 bits per heavy atom. The van der Waals surface area contributed by atoms with Gasteiger partial charge in [0.15, 0.2) is 5.96 Å². The molecule has 1 aromatic rings. The van der Waals surface area contributed by atoms with Crippen molar-refractivity contribution in [3.8, 4) is 0 Å². The smallest absolute Gasteiger partial charge is 0.225 e. The summed E-state index contributed by atoms with van der Waals surface area (Å²) in [6.07, 6.45) is 4.64. The van der Waals surface area contributed by atoms with Crippen molar-refractivity contribution in [1.82, 2.24) is 20.4 Å². The van der Waals surface area contributed by atoms with Crippen molar-refractivity contribution in [2.45, 2.75) is 46.1 Å². The minimum absolute atomic E-state index is 0. The summed E-state index contributed by atoms with van der Waals surface area (Å²) in [5, 5.41) is 6.82. The molecule has 2 fully saturated rings. The molecule has 1 amide bonds. The lowest BCUT2D eigenvalue weighted by Gasteiger charge is -2.36. The summed E-state index contributed by atoms with van der Waals surface area (Å²) in [5.74, 6) is 1.53. The highest BCUT2D eigenvalue weighted by Gasteiger charge is 2.29. The molecule has 7 heteroatoms. The Morgan fingerprint density at radius 1 is 1.10 bits per heavy atom. The molecule has 0 radical (unpaired) electrons. The van der Waals surface area contributed by atoms with Gasteiger partial charge in [-0.1, -0.05) is 36.6 Å². The molecular weight excluding hydrogens is 489 g/mol. The minimum Gasteiger partial charge on any atom is -0.355 e. The predicted molar refractivity (Wildman–Crippen MR) is 135 cm³/mol. The zero-order valence-electron chi connectivity index (χ0n) is 18.7. The number of nitrogens with one attached hydrogen (secondary N) is 2. The van der Waals surface area contributed by atoms with Gasteiger partial charge in [0.25, 0.3) is 0 Å². The molecule has 168 valence electrons. The lowest BCUT2D eigenvalue weighted by molar-refractivity contribution is -0.137. The van der Waals surface area contributed by atoms with Crippen molar-refractivity contribution in [2.75, 3.05) is 46.3 Å². The Labute approximate surface area is 198 Å². The number of carbonyl (C=O) groups is 1. The zero-order valence-corrected chi connectivity index (χ0v) is 21.1. The van der Waals surface area contributed by atoms with E-state index in [2.05, 4.69) is 57.5 Å². The summed E-state index contributed by atoms with van der Waals surface area (Å²) in [5.41, 5.74) is 3.89. The average molecular weight is 527 g/mol. The van der Waals surface area contributed by atoms with Crippen LogP contribution < -0.4 is 10.6 Å². The largest absolute Gasteiger partial charge is 0.355 e. The highest BCUT2D eigenvalue weighted by Crippen LogP contribution is 2.26. The van der Waals surface area contributed by atoms with Gasteiger partial charge in [0, 0.05) is 58.8 Å². The number of carbonyl (C=O) groups excluding carboxylic acids is 1. The number of amides is 1. The third kappa shape index (κ3) is 7.11. The number of hydrogen-bond donors (Lipinski definition) is 2. The highest BCUT2D eigenvalue weighted by molar-refractivity contribution is 14.0. The summed E-state index contributed by atoms with van der Waals surface area (Å²) >= 11 is 0. The van der Waals surface area contributed by atoms with Gasteiger partial charge in [-0.3, -0.25) is 14.7 Å². The number of rotatable bonds is 6. The second-order valence-electron chi connectivity index (χ2n) is 8.43. The van der Waals surface area contributed by atoms with Gasteiger partial charge >= 0.3 is 0 Å². The van der Waals surface area contributed by atoms with E-state index in [0.717, 1.165) is 64.6 Å². The maximum atomic E-state index is 12.6. The van der Waals surface area contributed by atoms with Crippen LogP contribution in [0, 0.1) is 19.8 Å². The number of piperazine rings is 1. The Morgan fingerprint density at radius 2 is 1.80 bits per heavy atom. The summed E-state index contributed by atoms with van der Waals surface area (Å²) in [4.78, 5) is 21.4. The Balaban J connectivity index is 0.00000320. The van der Waals surface area contributed by atoms with E-state index in [1.807, 2.05) is 7.05 Å². The first-order valence-corrected chi connectivity index (χ1v) is 11.1. The monoisotopic (exact) mass is 527 g/mol. The molecule has 30 heavy (non-hydrogen) atoms. The normalized spacial score (nSPS) is 18.2. The van der Waals surface area contributed by atoms with Crippen molar-refractivity contribution in [3.63, 3.8) is 0 Å². The number of aliphatic imine (C=N–C) groups is 1. The van der Waals surface area contributed by atoms with Crippen LogP contribution in [-0.2, 0) is 11.3 Å². The number of guanidine groups is 1. The van der Waals surface area contributed by atoms with Crippen molar-refractivity contribution in [3.05, 3.63) is 34.9 Å². The van der Waals surface area contributed by atoms with Crippen LogP contribution in [-0.4, -0.2) is 68.0 Å². The van der Waals surface area contributed by atoms with Crippen molar-refractivity contribution in [1.29, 1.82) is 0 Å². The van der Waals surface area contributed by atoms with E-state index in [9.17, 15) is 4.79 Å². The van der Waals surface area contributed by atoms with Crippen LogP contribution in [0.1, 0.15) is 42.4 Å². The Hall–Kier alpha value is -1.35. The fraction of sp³-hybridized carbons (Fsp3) is 0.652. The molecule has 1 heterocycles. The van der Waals surface area contributed by atoms with Crippen molar-refractivity contribution >= 4 is 35.8 Å². The SMILES string of the molecule is CN=C(NCCN1CCN(C(=O)C2CCCC2)CC1)NCc1ccc(C)cc1C.I. The first kappa shape index (κ1) is 24.9. The maximum absolute atomic E-state index is 12.6. The van der Waals surface area contributed by atoms with Gasteiger partial charge in [-0.2, -0.15) is 0 Å². The average Bonchev–Trinajstić information content (AvgIpc) is 3.26. The lowest BCUT2D eigenvalue weighted by atomic mass is 10.1. The minimum atomic E-state index is 0. The lowest BCUT2D eigenvalue weighted by Crippen LogP contribution is -2.51. The molecule has 1 saturated carbocycles. The van der Waals surface area contributed by atoms with Crippen LogP contribution >= 0.6 is 24.0 Å². The topological polar surface area (TPSA) is 60.0 Å². The molecule has 1 aromatic carbocycles. The van der Waals surface area contributed by atoms with Gasteiger partial charge in [0.05, 0.1) is 0 Å². The molecule has 2 N–H and O–H groups in total. The first-order valence-electron chi connectivity index (χ1n) is 11.1. The summed E-state index contributed by atoms with van der Waals surface area (Å²) in [6.45, 7) is 10.5. The van der Waals surface area contributed by atoms with E-state index in [0.29, 0.717) is 11.8 Å². The molecule has 0 unspecified atom stereocenters. The zero-order chi connectivity index (χ0) is 20.6. The van der Waals surface area contributed by atoms with Gasteiger partial charge in [-0.05, 0) is 37.8 Å². The molecule has 0 spiro atoms. The Kier molecular flexibility index (Phi) is 10.4. The highest BCUT2D eigenvalue weighted by atomic mass is 127. The molecule has 1 aliphatic carbocycles. The van der Waals surface area contributed by atoms with Crippen LogP contribution in [0.3, 0.4) is 0 Å². The third-order valence-electron chi connectivity index (χ3n) is 6.28.